The molecule has 1 saturated heterocycles. The summed E-state index contributed by atoms with van der Waals surface area (Å²) in [7, 11) is 0. The first-order chi connectivity index (χ1) is 38.6. The van der Waals surface area contributed by atoms with E-state index < -0.39 is 67.3 Å². The Morgan fingerprint density at radius 2 is 0.797 bits per heavy atom. The third-order valence-electron chi connectivity index (χ3n) is 12.1. The lowest BCUT2D eigenvalue weighted by Crippen LogP contribution is -2.61. The number of ether oxygens (including phenoxy) is 5. The lowest BCUT2D eigenvalue weighted by molar-refractivity contribution is -0.301. The molecule has 12 nitrogen and oxygen atoms in total. The number of hydrogen-bond donors (Lipinski definition) is 3. The van der Waals surface area contributed by atoms with E-state index in [1.165, 1.54) is 0 Å². The molecule has 1 fully saturated rings. The van der Waals surface area contributed by atoms with E-state index in [1.807, 2.05) is 12.2 Å². The maximum Gasteiger partial charge on any atom is 0.335 e. The molecule has 0 radical (unpaired) electrons. The van der Waals surface area contributed by atoms with E-state index in [2.05, 4.69) is 154 Å². The van der Waals surface area contributed by atoms with Crippen LogP contribution in [0.2, 0.25) is 0 Å². The van der Waals surface area contributed by atoms with Crippen LogP contribution in [0.5, 0.6) is 0 Å². The van der Waals surface area contributed by atoms with Gasteiger partial charge in [-0.1, -0.05) is 204 Å². The largest absolute Gasteiger partial charge is 0.479 e. The van der Waals surface area contributed by atoms with Gasteiger partial charge >= 0.3 is 23.9 Å². The highest BCUT2D eigenvalue weighted by Crippen LogP contribution is 2.26. The van der Waals surface area contributed by atoms with Crippen LogP contribution in [0.1, 0.15) is 188 Å². The molecular weight excluding hydrogens is 997 g/mol. The number of carbonyl (C=O) groups is 4. The molecule has 1 aliphatic rings. The van der Waals surface area contributed by atoms with E-state index in [1.54, 1.807) is 12.2 Å². The molecule has 0 aliphatic carbocycles. The van der Waals surface area contributed by atoms with Gasteiger partial charge in [-0.15, -0.1) is 0 Å². The molecule has 12 heteroatoms. The number of esters is 3. The minimum atomic E-state index is -1.95. The molecule has 3 N–H and O–H groups in total. The zero-order valence-corrected chi connectivity index (χ0v) is 48.3. The summed E-state index contributed by atoms with van der Waals surface area (Å²) in [4.78, 5) is 51.1. The number of aliphatic hydroxyl groups is 2. The summed E-state index contributed by atoms with van der Waals surface area (Å²) < 4.78 is 28.2. The molecule has 6 unspecified atom stereocenters. The molecular formula is C67H100O12. The second-order valence-corrected chi connectivity index (χ2v) is 19.1. The number of carboxylic acids is 1. The highest BCUT2D eigenvalue weighted by Gasteiger charge is 2.50. The van der Waals surface area contributed by atoms with Crippen LogP contribution in [0, 0.1) is 0 Å². The fourth-order valence-electron chi connectivity index (χ4n) is 7.72. The van der Waals surface area contributed by atoms with Crippen LogP contribution in [0.4, 0.5) is 0 Å². The van der Waals surface area contributed by atoms with Crippen LogP contribution in [-0.4, -0.2) is 89.2 Å². The fourth-order valence-corrected chi connectivity index (χ4v) is 7.72. The molecule has 1 rings (SSSR count). The summed E-state index contributed by atoms with van der Waals surface area (Å²) in [6, 6.07) is 0. The molecule has 0 spiro atoms. The summed E-state index contributed by atoms with van der Waals surface area (Å²) >= 11 is 0. The first-order valence-electron chi connectivity index (χ1n) is 29.5. The molecule has 440 valence electrons. The maximum absolute atomic E-state index is 13.1. The smallest absolute Gasteiger partial charge is 0.335 e. The maximum atomic E-state index is 13.1. The third kappa shape index (κ3) is 42.9. The van der Waals surface area contributed by atoms with E-state index in [-0.39, 0.29) is 25.9 Å². The van der Waals surface area contributed by atoms with Crippen molar-refractivity contribution in [2.45, 2.75) is 225 Å². The molecule has 0 bridgehead atoms. The predicted octanol–water partition coefficient (Wildman–Crippen LogP) is 15.3. The zero-order chi connectivity index (χ0) is 57.5. The van der Waals surface area contributed by atoms with E-state index in [4.69, 9.17) is 23.7 Å². The van der Waals surface area contributed by atoms with E-state index >= 15 is 0 Å². The Bertz CT molecular complexity index is 1980. The van der Waals surface area contributed by atoms with Crippen molar-refractivity contribution in [1.82, 2.24) is 0 Å². The number of carboxylic acid groups (broad SMARTS) is 1. The van der Waals surface area contributed by atoms with Crippen LogP contribution in [0.15, 0.2) is 158 Å². The summed E-state index contributed by atoms with van der Waals surface area (Å²) in [5.74, 6) is -3.39. The van der Waals surface area contributed by atoms with Crippen molar-refractivity contribution in [3.05, 3.63) is 158 Å². The van der Waals surface area contributed by atoms with E-state index in [0.717, 1.165) is 128 Å². The van der Waals surface area contributed by atoms with Crippen molar-refractivity contribution in [2.24, 2.45) is 0 Å². The molecule has 1 aliphatic heterocycles. The fraction of sp³-hybridized carbons (Fsp3) is 0.552. The van der Waals surface area contributed by atoms with E-state index in [0.29, 0.717) is 19.3 Å². The van der Waals surface area contributed by atoms with Gasteiger partial charge in [0.15, 0.2) is 24.6 Å². The SMILES string of the molecule is CC/C=C\C/C=C\C/C=C\C/C=C\C/C=C\CC(=O)OC1C(OCC(COC(=O)CCCCCCCC/C=C\C/C=C\C/C=C\C/C=C\CC)OC(=O)CCCC/C=C\C/C=C\C/C=C\C/C=C\CC)OC(C(=O)O)C(O)C1O. The number of aliphatic hydroxyl groups excluding tert-OH is 2. The highest BCUT2D eigenvalue weighted by molar-refractivity contribution is 5.74. The lowest BCUT2D eigenvalue weighted by Gasteiger charge is -2.40. The van der Waals surface area contributed by atoms with Gasteiger partial charge in [0.25, 0.3) is 0 Å². The number of aliphatic carboxylic acids is 1. The Morgan fingerprint density at radius 1 is 0.430 bits per heavy atom. The van der Waals surface area contributed by atoms with Crippen molar-refractivity contribution >= 4 is 23.9 Å². The van der Waals surface area contributed by atoms with Gasteiger partial charge in [0.2, 0.25) is 0 Å². The molecule has 0 aromatic heterocycles. The third-order valence-corrected chi connectivity index (χ3v) is 12.1. The first-order valence-corrected chi connectivity index (χ1v) is 29.5. The van der Waals surface area contributed by atoms with Gasteiger partial charge in [-0.25, -0.2) is 4.79 Å². The second kappa shape index (κ2) is 53.0. The molecule has 79 heavy (non-hydrogen) atoms. The van der Waals surface area contributed by atoms with Crippen LogP contribution in [0.25, 0.3) is 0 Å². The number of hydrogen-bond acceptors (Lipinski definition) is 11. The zero-order valence-electron chi connectivity index (χ0n) is 48.3. The monoisotopic (exact) mass is 1100 g/mol. The molecule has 1 heterocycles. The van der Waals surface area contributed by atoms with Gasteiger partial charge in [0.1, 0.15) is 18.8 Å². The number of rotatable bonds is 47. The van der Waals surface area contributed by atoms with Crippen molar-refractivity contribution in [1.29, 1.82) is 0 Å². The quantitative estimate of drug-likeness (QED) is 0.0228. The molecule has 0 saturated carbocycles. The minimum Gasteiger partial charge on any atom is -0.479 e. The Balaban J connectivity index is 2.78. The van der Waals surface area contributed by atoms with Gasteiger partial charge in [-0.2, -0.15) is 0 Å². The number of unbranched alkanes of at least 4 members (excludes halogenated alkanes) is 8. The summed E-state index contributed by atoms with van der Waals surface area (Å²) in [5.41, 5.74) is 0. The van der Waals surface area contributed by atoms with E-state index in [9.17, 15) is 34.5 Å². The van der Waals surface area contributed by atoms with Crippen molar-refractivity contribution in [3.63, 3.8) is 0 Å². The second-order valence-electron chi connectivity index (χ2n) is 19.1. The summed E-state index contributed by atoms with van der Waals surface area (Å²) in [5, 5.41) is 31.4. The minimum absolute atomic E-state index is 0.0867. The van der Waals surface area contributed by atoms with Crippen LogP contribution in [-0.2, 0) is 42.9 Å². The van der Waals surface area contributed by atoms with Crippen LogP contribution in [0.3, 0.4) is 0 Å². The molecule has 0 aromatic rings. The van der Waals surface area contributed by atoms with Gasteiger partial charge in [0, 0.05) is 12.8 Å². The average molecular weight is 1100 g/mol. The van der Waals surface area contributed by atoms with Crippen molar-refractivity contribution in [2.75, 3.05) is 13.2 Å². The molecule has 0 aromatic carbocycles. The first kappa shape index (κ1) is 71.4. The van der Waals surface area contributed by atoms with Gasteiger partial charge in [-0.05, 0) is 122 Å². The Labute approximate surface area is 475 Å². The number of carbonyl (C=O) groups excluding carboxylic acids is 3. The van der Waals surface area contributed by atoms with Crippen LogP contribution >= 0.6 is 0 Å². The molecule has 0 amide bonds. The standard InChI is InChI=1S/C67H100O12/c1-4-7-10-13-16-19-22-25-28-29-30-31-34-35-38-41-44-47-50-53-59(68)75-56-58(77-60(69)54-51-48-45-42-39-36-32-26-23-20-17-14-11-8-5-2)57-76-67-65(63(72)62(71)64(79-67)66(73)74)78-61(70)55-52-49-46-43-40-37-33-27-24-21-18-15-12-9-6-3/h7-12,16-21,25-28,30-33,39-40,42-43,49,52,58,62-65,67,71-72H,4-6,13-15,22-24,29,34-38,41,44-48,50-51,53-57H2,1-3H3,(H,73,74)/b10-7-,11-8-,12-9-,19-16-,20-17-,21-18-,28-25-,31-30-,32-26-,33-27-,42-39-,43-40-,52-49-. The van der Waals surface area contributed by atoms with Crippen LogP contribution < -0.4 is 0 Å². The summed E-state index contributed by atoms with van der Waals surface area (Å²) in [6.45, 7) is 5.54. The summed E-state index contributed by atoms with van der Waals surface area (Å²) in [6.07, 6.45) is 65.3. The van der Waals surface area contributed by atoms with Crippen molar-refractivity contribution < 1.29 is 58.2 Å². The van der Waals surface area contributed by atoms with Crippen molar-refractivity contribution in [3.8, 4) is 0 Å². The normalized spacial score (nSPS) is 19.0. The topological polar surface area (TPSA) is 175 Å². The van der Waals surface area contributed by atoms with Gasteiger partial charge in [0.05, 0.1) is 13.0 Å². The Morgan fingerprint density at radius 3 is 1.24 bits per heavy atom. The lowest BCUT2D eigenvalue weighted by atomic mass is 9.98. The molecule has 6 atom stereocenters. The highest BCUT2D eigenvalue weighted by atomic mass is 16.7. The average Bonchev–Trinajstić information content (AvgIpc) is 3.44. The Kier molecular flexibility index (Phi) is 47.9. The number of allylic oxidation sites excluding steroid dienone is 25. The predicted molar refractivity (Wildman–Crippen MR) is 321 cm³/mol. The Hall–Kier alpha value is -5.66. The van der Waals surface area contributed by atoms with Gasteiger partial charge < -0.3 is 39.0 Å². The van der Waals surface area contributed by atoms with Gasteiger partial charge in [-0.3, -0.25) is 14.4 Å².